The molecule has 2 aliphatic rings. The summed E-state index contributed by atoms with van der Waals surface area (Å²) in [4.78, 5) is 58.8. The van der Waals surface area contributed by atoms with Crippen LogP contribution in [0.3, 0.4) is 0 Å². The van der Waals surface area contributed by atoms with Crippen molar-refractivity contribution < 1.29 is 66.5 Å². The summed E-state index contributed by atoms with van der Waals surface area (Å²) in [6, 6.07) is 38.8. The van der Waals surface area contributed by atoms with Gasteiger partial charge in [-0.05, 0) is 136 Å². The molecule has 0 bridgehead atoms. The SMILES string of the molecule is COc1ccc(OCCN(C)CCCOc2ccc(OC)cc2C2(OC(=O)/C=C/C(=O)OC3(c4cc(OC)ccc4OCCCN(C)CCOc4ccc(OC)cc4)Sc4ccccc4NC3=O)Sc3ccccc3NC2=O)cc1. The predicted molar refractivity (Wildman–Crippen MR) is 305 cm³/mol. The molecule has 420 valence electrons. The number of rotatable bonds is 28. The summed E-state index contributed by atoms with van der Waals surface area (Å²) in [5.41, 5.74) is 1.38. The highest BCUT2D eigenvalue weighted by Gasteiger charge is 2.52. The van der Waals surface area contributed by atoms with E-state index in [0.29, 0.717) is 84.9 Å². The number of likely N-dealkylation sites (N-methyl/N-ethyl adjacent to an activating group) is 2. The Bertz CT molecular complexity index is 2920. The zero-order chi connectivity index (χ0) is 56.5. The predicted octanol–water partition coefficient (Wildman–Crippen LogP) is 9.42. The third-order valence-electron chi connectivity index (χ3n) is 12.8. The van der Waals surface area contributed by atoms with E-state index in [1.807, 2.05) is 62.6 Å². The van der Waals surface area contributed by atoms with E-state index >= 15 is 0 Å². The van der Waals surface area contributed by atoms with E-state index in [1.54, 1.807) is 99.1 Å². The van der Waals surface area contributed by atoms with Crippen LogP contribution in [0.5, 0.6) is 46.0 Å². The van der Waals surface area contributed by atoms with Crippen LogP contribution in [-0.2, 0) is 38.5 Å². The topological polar surface area (TPSA) is 191 Å². The molecule has 2 atom stereocenters. The van der Waals surface area contributed by atoms with Gasteiger partial charge in [-0.15, -0.1) is 0 Å². The fourth-order valence-corrected chi connectivity index (χ4v) is 10.9. The van der Waals surface area contributed by atoms with Gasteiger partial charge in [-0.2, -0.15) is 0 Å². The average Bonchev–Trinajstić information content (AvgIpc) is 3.52. The molecule has 18 nitrogen and oxygen atoms in total. The Balaban J connectivity index is 0.980. The first-order valence-corrected chi connectivity index (χ1v) is 27.3. The van der Waals surface area contributed by atoms with E-state index in [1.165, 1.54) is 14.2 Å². The second-order valence-corrected chi connectivity index (χ2v) is 20.7. The quantitative estimate of drug-likeness (QED) is 0.0268. The molecule has 2 unspecified atom stereocenters. The highest BCUT2D eigenvalue weighted by Crippen LogP contribution is 2.54. The molecule has 6 aromatic carbocycles. The molecule has 80 heavy (non-hydrogen) atoms. The second-order valence-electron chi connectivity index (χ2n) is 18.3. The van der Waals surface area contributed by atoms with E-state index in [9.17, 15) is 19.2 Å². The van der Waals surface area contributed by atoms with E-state index < -0.39 is 33.6 Å². The van der Waals surface area contributed by atoms with Crippen LogP contribution < -0.4 is 48.5 Å². The normalized spacial score (nSPS) is 16.4. The van der Waals surface area contributed by atoms with Gasteiger partial charge in [0.05, 0.1) is 64.2 Å². The first-order chi connectivity index (χ1) is 38.8. The molecule has 0 saturated carbocycles. The largest absolute Gasteiger partial charge is 0.497 e. The molecule has 2 heterocycles. The van der Waals surface area contributed by atoms with E-state index in [-0.39, 0.29) is 35.8 Å². The number of hydrogen-bond acceptors (Lipinski definition) is 18. The van der Waals surface area contributed by atoms with Crippen LogP contribution in [0, 0.1) is 0 Å². The third kappa shape index (κ3) is 14.6. The molecular formula is C60H64N4O14S2. The monoisotopic (exact) mass is 1130 g/mol. The summed E-state index contributed by atoms with van der Waals surface area (Å²) in [6.07, 6.45) is 2.89. The summed E-state index contributed by atoms with van der Waals surface area (Å²) in [6.45, 7) is 4.01. The number of methoxy groups -OCH3 is 4. The minimum atomic E-state index is -2.10. The molecule has 8 rings (SSSR count). The van der Waals surface area contributed by atoms with Gasteiger partial charge in [0.1, 0.15) is 59.2 Å². The molecule has 2 amide bonds. The van der Waals surface area contributed by atoms with Crippen molar-refractivity contribution >= 4 is 58.7 Å². The van der Waals surface area contributed by atoms with E-state index in [2.05, 4.69) is 20.4 Å². The maximum absolute atomic E-state index is 14.6. The lowest BCUT2D eigenvalue weighted by Gasteiger charge is -2.36. The molecule has 0 spiro atoms. The van der Waals surface area contributed by atoms with Crippen molar-refractivity contribution in [2.45, 2.75) is 32.5 Å². The second kappa shape index (κ2) is 27.7. The van der Waals surface area contributed by atoms with Crippen LogP contribution in [0.1, 0.15) is 24.0 Å². The fourth-order valence-electron chi connectivity index (χ4n) is 8.49. The number of amides is 2. The first-order valence-electron chi connectivity index (χ1n) is 25.7. The van der Waals surface area contributed by atoms with Gasteiger partial charge in [-0.25, -0.2) is 9.59 Å². The van der Waals surface area contributed by atoms with Gasteiger partial charge >= 0.3 is 11.9 Å². The summed E-state index contributed by atoms with van der Waals surface area (Å²) < 4.78 is 58.7. The van der Waals surface area contributed by atoms with Gasteiger partial charge in [0, 0.05) is 48.1 Å². The Hall–Kier alpha value is -8.04. The van der Waals surface area contributed by atoms with Crippen molar-refractivity contribution in [3.8, 4) is 46.0 Å². The van der Waals surface area contributed by atoms with Crippen LogP contribution in [0.15, 0.2) is 155 Å². The Kier molecular flexibility index (Phi) is 20.1. The van der Waals surface area contributed by atoms with Crippen molar-refractivity contribution in [1.82, 2.24) is 9.80 Å². The number of anilines is 2. The number of hydrogen-bond donors (Lipinski definition) is 2. The lowest BCUT2D eigenvalue weighted by Crippen LogP contribution is -2.44. The van der Waals surface area contributed by atoms with Crippen LogP contribution in [-0.4, -0.2) is 129 Å². The smallest absolute Gasteiger partial charge is 0.333 e. The number of ether oxygens (including phenoxy) is 10. The minimum absolute atomic E-state index is 0.184. The summed E-state index contributed by atoms with van der Waals surface area (Å²) in [5.74, 6) is 0.659. The zero-order valence-electron chi connectivity index (χ0n) is 45.4. The number of para-hydroxylation sites is 2. The number of carbonyl (C=O) groups is 4. The molecule has 2 N–H and O–H groups in total. The van der Waals surface area contributed by atoms with Crippen molar-refractivity contribution in [3.63, 3.8) is 0 Å². The minimum Gasteiger partial charge on any atom is -0.497 e. The standard InChI is InChI=1S/C60H64N4O14S2/c1-63(33-37-73-43-21-17-41(69-3)18-22-43)31-11-35-75-51-27-25-45(71-5)39-47(51)59(57(67)61-49-13-7-9-15-53(49)79-59)77-55(65)29-30-56(66)78-60(58(68)62-50-14-8-10-16-54(50)80-60)48-40-46(72-6)26-28-52(48)76-36-12-32-64(2)34-38-74-44-23-19-42(70-4)20-24-44/h7-10,13-30,39-40H,11-12,31-38H2,1-6H3,(H,61,67)(H,62,68)/b30-29+. The molecule has 0 saturated heterocycles. The molecule has 20 heteroatoms. The van der Waals surface area contributed by atoms with E-state index in [0.717, 1.165) is 58.7 Å². The molecule has 6 aromatic rings. The number of carbonyl (C=O) groups excluding carboxylic acids is 4. The van der Waals surface area contributed by atoms with Crippen LogP contribution in [0.25, 0.3) is 0 Å². The van der Waals surface area contributed by atoms with Crippen LogP contribution in [0.4, 0.5) is 11.4 Å². The molecular weight excluding hydrogens is 1060 g/mol. The average molecular weight is 1130 g/mol. The number of nitrogens with one attached hydrogen (secondary N) is 2. The van der Waals surface area contributed by atoms with Crippen molar-refractivity contribution in [2.24, 2.45) is 0 Å². The van der Waals surface area contributed by atoms with Crippen molar-refractivity contribution in [1.29, 1.82) is 0 Å². The first kappa shape index (κ1) is 58.1. The maximum Gasteiger partial charge on any atom is 0.333 e. The maximum atomic E-state index is 14.6. The summed E-state index contributed by atoms with van der Waals surface area (Å²) >= 11 is 1.98. The number of thioether (sulfide) groups is 2. The van der Waals surface area contributed by atoms with Crippen molar-refractivity contribution in [3.05, 3.63) is 157 Å². The van der Waals surface area contributed by atoms with Gasteiger partial charge in [0.25, 0.3) is 21.7 Å². The highest BCUT2D eigenvalue weighted by molar-refractivity contribution is 8.01. The molecule has 2 aliphatic heterocycles. The van der Waals surface area contributed by atoms with Gasteiger partial charge in [-0.3, -0.25) is 9.59 Å². The number of benzene rings is 6. The highest BCUT2D eigenvalue weighted by atomic mass is 32.2. The molecule has 0 aromatic heterocycles. The molecule has 0 fully saturated rings. The fraction of sp³-hybridized carbons (Fsp3) is 0.300. The van der Waals surface area contributed by atoms with Gasteiger partial charge < -0.3 is 67.8 Å². The summed E-state index contributed by atoms with van der Waals surface area (Å²) in [7, 11) is 10.1. The van der Waals surface area contributed by atoms with Crippen LogP contribution >= 0.6 is 23.5 Å². The number of esters is 2. The lowest BCUT2D eigenvalue weighted by molar-refractivity contribution is -0.155. The Morgan fingerprint density at radius 1 is 0.463 bits per heavy atom. The third-order valence-corrected chi connectivity index (χ3v) is 15.5. The number of nitrogens with zero attached hydrogens (tertiary/aromatic N) is 2. The Morgan fingerprint density at radius 2 is 0.825 bits per heavy atom. The van der Waals surface area contributed by atoms with Crippen LogP contribution in [0.2, 0.25) is 0 Å². The Morgan fingerprint density at radius 3 is 1.21 bits per heavy atom. The van der Waals surface area contributed by atoms with Gasteiger partial charge in [0.15, 0.2) is 0 Å². The van der Waals surface area contributed by atoms with E-state index in [4.69, 9.17) is 47.4 Å². The summed E-state index contributed by atoms with van der Waals surface area (Å²) in [5, 5.41) is 5.79. The zero-order valence-corrected chi connectivity index (χ0v) is 47.0. The number of fused-ring (bicyclic) bond motifs is 2. The molecule has 0 aliphatic carbocycles. The van der Waals surface area contributed by atoms with Gasteiger partial charge in [-0.1, -0.05) is 47.8 Å². The molecule has 0 radical (unpaired) electrons. The Labute approximate surface area is 473 Å². The van der Waals surface area contributed by atoms with Crippen molar-refractivity contribution in [2.75, 3.05) is 106 Å². The van der Waals surface area contributed by atoms with Gasteiger partial charge in [0.2, 0.25) is 0 Å². The lowest BCUT2D eigenvalue weighted by atomic mass is 10.0.